The Labute approximate surface area is 274 Å². The summed E-state index contributed by atoms with van der Waals surface area (Å²) in [6.07, 6.45) is 7.66. The zero-order chi connectivity index (χ0) is 31.2. The standard InChI is InChI=1S/C40H24N6S/c1-3-10-25(11-4-1)38-44-39(26-12-5-2-6-13-26)46-40(45-38)28-15-9-14-27(20-28)33-22-43-37(31-17-8-7-16-29(31)33)34-21-32-30-18-19-41-23-35(30)47-36(32)24-42-34/h1-24H. The highest BCUT2D eigenvalue weighted by atomic mass is 32.1. The lowest BCUT2D eigenvalue weighted by molar-refractivity contribution is 1.07. The van der Waals surface area contributed by atoms with Gasteiger partial charge >= 0.3 is 0 Å². The van der Waals surface area contributed by atoms with E-state index in [9.17, 15) is 0 Å². The largest absolute Gasteiger partial charge is 0.263 e. The topological polar surface area (TPSA) is 77.3 Å². The lowest BCUT2D eigenvalue weighted by Crippen LogP contribution is -2.00. The summed E-state index contributed by atoms with van der Waals surface area (Å²) in [5, 5.41) is 4.50. The van der Waals surface area contributed by atoms with Gasteiger partial charge in [0.1, 0.15) is 0 Å². The highest BCUT2D eigenvalue weighted by molar-refractivity contribution is 7.25. The summed E-state index contributed by atoms with van der Waals surface area (Å²) in [5.41, 5.74) is 6.54. The number of hydrogen-bond acceptors (Lipinski definition) is 7. The van der Waals surface area contributed by atoms with Crippen LogP contribution in [0.25, 0.3) is 87.6 Å². The number of hydrogen-bond donors (Lipinski definition) is 0. The van der Waals surface area contributed by atoms with Crippen LogP contribution < -0.4 is 0 Å². The molecule has 0 atom stereocenters. The van der Waals surface area contributed by atoms with E-state index in [2.05, 4.69) is 53.5 Å². The van der Waals surface area contributed by atoms with Crippen molar-refractivity contribution in [3.63, 3.8) is 0 Å². The lowest BCUT2D eigenvalue weighted by Gasteiger charge is -2.12. The number of thiophene rings is 1. The molecule has 0 unspecified atom stereocenters. The molecule has 4 aromatic carbocycles. The van der Waals surface area contributed by atoms with Gasteiger partial charge in [-0.2, -0.15) is 0 Å². The fraction of sp³-hybridized carbons (Fsp3) is 0. The van der Waals surface area contributed by atoms with Crippen molar-refractivity contribution in [1.82, 2.24) is 29.9 Å². The molecular weight excluding hydrogens is 597 g/mol. The summed E-state index contributed by atoms with van der Waals surface area (Å²) in [6.45, 7) is 0. The average molecular weight is 621 g/mol. The van der Waals surface area contributed by atoms with Gasteiger partial charge in [-0.05, 0) is 29.1 Å². The molecule has 0 aliphatic carbocycles. The van der Waals surface area contributed by atoms with Crippen molar-refractivity contribution in [2.75, 3.05) is 0 Å². The molecule has 7 heteroatoms. The molecule has 0 spiro atoms. The molecule has 0 radical (unpaired) electrons. The fourth-order valence-corrected chi connectivity index (χ4v) is 7.08. The van der Waals surface area contributed by atoms with Crippen molar-refractivity contribution in [3.8, 4) is 56.7 Å². The first-order valence-electron chi connectivity index (χ1n) is 15.3. The van der Waals surface area contributed by atoms with Crippen LogP contribution in [-0.4, -0.2) is 29.9 Å². The smallest absolute Gasteiger partial charge is 0.164 e. The maximum Gasteiger partial charge on any atom is 0.164 e. The maximum absolute atomic E-state index is 5.02. The Balaban J connectivity index is 1.17. The van der Waals surface area contributed by atoms with Gasteiger partial charge in [-0.25, -0.2) is 15.0 Å². The number of nitrogens with zero attached hydrogens (tertiary/aromatic N) is 6. The number of fused-ring (bicyclic) bond motifs is 4. The van der Waals surface area contributed by atoms with Gasteiger partial charge in [0.05, 0.1) is 20.8 Å². The third kappa shape index (κ3) is 4.90. The predicted molar refractivity (Wildman–Crippen MR) is 191 cm³/mol. The molecule has 0 amide bonds. The zero-order valence-electron chi connectivity index (χ0n) is 24.9. The predicted octanol–water partition coefficient (Wildman–Crippen LogP) is 9.91. The van der Waals surface area contributed by atoms with Crippen LogP contribution >= 0.6 is 11.3 Å². The van der Waals surface area contributed by atoms with Crippen LogP contribution in [0.1, 0.15) is 0 Å². The maximum atomic E-state index is 5.02. The molecule has 0 aliphatic heterocycles. The van der Waals surface area contributed by atoms with E-state index in [1.54, 1.807) is 11.3 Å². The average Bonchev–Trinajstić information content (AvgIpc) is 3.53. The van der Waals surface area contributed by atoms with Gasteiger partial charge in [0.2, 0.25) is 0 Å². The van der Waals surface area contributed by atoms with E-state index in [0.29, 0.717) is 17.5 Å². The molecule has 9 rings (SSSR count). The zero-order valence-corrected chi connectivity index (χ0v) is 25.8. The van der Waals surface area contributed by atoms with Crippen molar-refractivity contribution in [3.05, 3.63) is 146 Å². The van der Waals surface area contributed by atoms with Crippen molar-refractivity contribution >= 4 is 42.3 Å². The second-order valence-electron chi connectivity index (χ2n) is 11.2. The quantitative estimate of drug-likeness (QED) is 0.191. The third-order valence-electron chi connectivity index (χ3n) is 8.33. The summed E-state index contributed by atoms with van der Waals surface area (Å²) in [5.74, 6) is 1.88. The van der Waals surface area contributed by atoms with Crippen molar-refractivity contribution in [1.29, 1.82) is 0 Å². The SMILES string of the molecule is c1ccc(-c2nc(-c3ccccc3)nc(-c3cccc(-c4cnc(-c5cc6c(cn5)sc5cnccc56)c5ccccc45)c3)n2)cc1. The molecule has 0 aliphatic rings. The van der Waals surface area contributed by atoms with Crippen LogP contribution in [0.4, 0.5) is 0 Å². The molecule has 0 saturated heterocycles. The Morgan fingerprint density at radius 1 is 0.426 bits per heavy atom. The van der Waals surface area contributed by atoms with Crippen LogP contribution in [0.3, 0.4) is 0 Å². The Hall–Kier alpha value is -6.18. The van der Waals surface area contributed by atoms with Crippen LogP contribution in [0.15, 0.2) is 146 Å². The minimum absolute atomic E-state index is 0.615. The number of aromatic nitrogens is 6. The monoisotopic (exact) mass is 620 g/mol. The first kappa shape index (κ1) is 27.2. The molecule has 0 saturated carbocycles. The highest BCUT2D eigenvalue weighted by Crippen LogP contribution is 2.38. The number of pyridine rings is 3. The minimum Gasteiger partial charge on any atom is -0.263 e. The number of benzene rings is 4. The number of rotatable bonds is 5. The molecule has 0 bridgehead atoms. The molecular formula is C40H24N6S. The van der Waals surface area contributed by atoms with Gasteiger partial charge in [-0.15, -0.1) is 11.3 Å². The van der Waals surface area contributed by atoms with Crippen molar-refractivity contribution in [2.24, 2.45) is 0 Å². The van der Waals surface area contributed by atoms with Gasteiger partial charge in [0.25, 0.3) is 0 Å². The van der Waals surface area contributed by atoms with Crippen molar-refractivity contribution < 1.29 is 0 Å². The van der Waals surface area contributed by atoms with Crippen molar-refractivity contribution in [2.45, 2.75) is 0 Å². The normalized spacial score (nSPS) is 11.4. The van der Waals surface area contributed by atoms with E-state index >= 15 is 0 Å². The van der Waals surface area contributed by atoms with Crippen LogP contribution in [0, 0.1) is 0 Å². The van der Waals surface area contributed by atoms with Crippen LogP contribution in [-0.2, 0) is 0 Å². The van der Waals surface area contributed by atoms with E-state index in [1.165, 1.54) is 10.8 Å². The Morgan fingerprint density at radius 2 is 1.04 bits per heavy atom. The van der Waals surface area contributed by atoms with E-state index in [1.807, 2.05) is 97.6 Å². The van der Waals surface area contributed by atoms with Gasteiger partial charge in [-0.3, -0.25) is 15.0 Å². The highest BCUT2D eigenvalue weighted by Gasteiger charge is 2.16. The van der Waals surface area contributed by atoms with E-state index in [-0.39, 0.29) is 0 Å². The molecule has 220 valence electrons. The third-order valence-corrected chi connectivity index (χ3v) is 9.42. The Morgan fingerprint density at radius 3 is 1.79 bits per heavy atom. The molecule has 0 fully saturated rings. The van der Waals surface area contributed by atoms with Gasteiger partial charge < -0.3 is 0 Å². The van der Waals surface area contributed by atoms with E-state index in [0.717, 1.165) is 59.4 Å². The van der Waals surface area contributed by atoms with Gasteiger partial charge in [0.15, 0.2) is 17.5 Å². The van der Waals surface area contributed by atoms with Crippen LogP contribution in [0.2, 0.25) is 0 Å². The Bertz CT molecular complexity index is 2520. The molecule has 47 heavy (non-hydrogen) atoms. The van der Waals surface area contributed by atoms with Gasteiger partial charge in [0, 0.05) is 63.2 Å². The molecule has 5 heterocycles. The minimum atomic E-state index is 0.615. The lowest BCUT2D eigenvalue weighted by atomic mass is 9.96. The summed E-state index contributed by atoms with van der Waals surface area (Å²) >= 11 is 1.71. The summed E-state index contributed by atoms with van der Waals surface area (Å²) < 4.78 is 2.29. The summed E-state index contributed by atoms with van der Waals surface area (Å²) in [4.78, 5) is 28.9. The van der Waals surface area contributed by atoms with Gasteiger partial charge in [-0.1, -0.05) is 103 Å². The van der Waals surface area contributed by atoms with Crippen LogP contribution in [0.5, 0.6) is 0 Å². The second-order valence-corrected chi connectivity index (χ2v) is 12.3. The first-order valence-corrected chi connectivity index (χ1v) is 16.1. The Kier molecular flexibility index (Phi) is 6.54. The molecule has 9 aromatic rings. The second kappa shape index (κ2) is 11.3. The summed E-state index contributed by atoms with van der Waals surface area (Å²) in [7, 11) is 0. The molecule has 6 nitrogen and oxygen atoms in total. The first-order chi connectivity index (χ1) is 23.3. The molecule has 5 aromatic heterocycles. The fourth-order valence-electron chi connectivity index (χ4n) is 6.06. The molecule has 0 N–H and O–H groups in total. The van der Waals surface area contributed by atoms with E-state index < -0.39 is 0 Å². The summed E-state index contributed by atoms with van der Waals surface area (Å²) in [6, 6.07) is 41.0. The van der Waals surface area contributed by atoms with E-state index in [4.69, 9.17) is 24.9 Å².